The second-order valence-corrected chi connectivity index (χ2v) is 10.6. The van der Waals surface area contributed by atoms with Crippen LogP contribution in [0.1, 0.15) is 31.7 Å². The van der Waals surface area contributed by atoms with E-state index in [2.05, 4.69) is 5.32 Å². The SMILES string of the molecule is CCCC(NC(=O)OCc1ccccc1)C(=O)N1CCC2C1C(=O)CN2S(=O)(=O)c1cccc[n+]1[O-]. The monoisotopic (exact) mass is 516 g/mol. The summed E-state index contributed by atoms with van der Waals surface area (Å²) in [5.74, 6) is -0.892. The number of fused-ring (bicyclic) bond motifs is 1. The molecule has 2 aliphatic rings. The maximum Gasteiger partial charge on any atom is 0.408 e. The first kappa shape index (κ1) is 25.6. The molecule has 2 aromatic rings. The fraction of sp³-hybridized carbons (Fsp3) is 0.417. The number of amides is 2. The Hall–Kier alpha value is -3.51. The van der Waals surface area contributed by atoms with E-state index in [9.17, 15) is 28.0 Å². The van der Waals surface area contributed by atoms with Crippen molar-refractivity contribution in [1.82, 2.24) is 14.5 Å². The van der Waals surface area contributed by atoms with Crippen LogP contribution in [-0.2, 0) is 31.0 Å². The largest absolute Gasteiger partial charge is 0.618 e. The lowest BCUT2D eigenvalue weighted by Gasteiger charge is -2.28. The number of rotatable bonds is 8. The number of ether oxygens (including phenoxy) is 1. The van der Waals surface area contributed by atoms with Crippen molar-refractivity contribution in [3.8, 4) is 0 Å². The van der Waals surface area contributed by atoms with Crippen molar-refractivity contribution in [1.29, 1.82) is 0 Å². The fourth-order valence-corrected chi connectivity index (χ4v) is 6.38. The highest BCUT2D eigenvalue weighted by atomic mass is 32.2. The number of likely N-dealkylation sites (tertiary alicyclic amines) is 1. The van der Waals surface area contributed by atoms with Crippen molar-refractivity contribution in [2.24, 2.45) is 0 Å². The van der Waals surface area contributed by atoms with Gasteiger partial charge in [-0.1, -0.05) is 43.7 Å². The van der Waals surface area contributed by atoms with Crippen molar-refractivity contribution in [3.63, 3.8) is 0 Å². The zero-order valence-corrected chi connectivity index (χ0v) is 20.6. The molecule has 4 rings (SSSR count). The van der Waals surface area contributed by atoms with Gasteiger partial charge in [0, 0.05) is 18.7 Å². The molecule has 3 heterocycles. The molecular weight excluding hydrogens is 488 g/mol. The number of hydrogen-bond acceptors (Lipinski definition) is 7. The van der Waals surface area contributed by atoms with Gasteiger partial charge in [0.15, 0.2) is 12.0 Å². The van der Waals surface area contributed by atoms with Crippen LogP contribution in [0.25, 0.3) is 0 Å². The first-order chi connectivity index (χ1) is 17.2. The summed E-state index contributed by atoms with van der Waals surface area (Å²) in [7, 11) is -4.25. The summed E-state index contributed by atoms with van der Waals surface area (Å²) in [6, 6.07) is 10.4. The van der Waals surface area contributed by atoms with Crippen LogP contribution in [0.5, 0.6) is 0 Å². The number of carbonyl (C=O) groups is 3. The molecule has 36 heavy (non-hydrogen) atoms. The van der Waals surface area contributed by atoms with Crippen molar-refractivity contribution < 1.29 is 32.3 Å². The molecule has 1 aromatic heterocycles. The van der Waals surface area contributed by atoms with E-state index in [1.807, 2.05) is 37.3 Å². The van der Waals surface area contributed by atoms with Crippen LogP contribution >= 0.6 is 0 Å². The highest BCUT2D eigenvalue weighted by Crippen LogP contribution is 2.33. The molecule has 1 N–H and O–H groups in total. The van der Waals surface area contributed by atoms with Crippen LogP contribution in [0.4, 0.5) is 4.79 Å². The van der Waals surface area contributed by atoms with E-state index in [0.717, 1.165) is 16.1 Å². The number of hydrogen-bond donors (Lipinski definition) is 1. The van der Waals surface area contributed by atoms with Gasteiger partial charge in [0.25, 0.3) is 0 Å². The van der Waals surface area contributed by atoms with Gasteiger partial charge in [-0.15, -0.1) is 0 Å². The summed E-state index contributed by atoms with van der Waals surface area (Å²) >= 11 is 0. The molecule has 2 aliphatic heterocycles. The van der Waals surface area contributed by atoms with E-state index >= 15 is 0 Å². The number of nitrogens with zero attached hydrogens (tertiary/aromatic N) is 3. The minimum absolute atomic E-state index is 0.0403. The number of ketones is 1. The fourth-order valence-electron chi connectivity index (χ4n) is 4.73. The number of alkyl carbamates (subject to hydrolysis) is 1. The van der Waals surface area contributed by atoms with Gasteiger partial charge in [-0.3, -0.25) is 9.59 Å². The van der Waals surface area contributed by atoms with Crippen molar-refractivity contribution in [2.75, 3.05) is 13.1 Å². The minimum atomic E-state index is -4.25. The lowest BCUT2D eigenvalue weighted by Crippen LogP contribution is -2.52. The van der Waals surface area contributed by atoms with E-state index in [-0.39, 0.29) is 24.3 Å². The van der Waals surface area contributed by atoms with Gasteiger partial charge in [0.05, 0.1) is 12.6 Å². The number of carbonyl (C=O) groups excluding carboxylic acids is 3. The topological polar surface area (TPSA) is 140 Å². The Balaban J connectivity index is 1.46. The van der Waals surface area contributed by atoms with Crippen LogP contribution in [0.3, 0.4) is 0 Å². The maximum atomic E-state index is 13.4. The molecule has 1 aromatic carbocycles. The first-order valence-electron chi connectivity index (χ1n) is 11.7. The average Bonchev–Trinajstić information content (AvgIpc) is 3.44. The molecule has 2 fully saturated rings. The molecule has 2 amide bonds. The third kappa shape index (κ3) is 5.05. The number of benzene rings is 1. The summed E-state index contributed by atoms with van der Waals surface area (Å²) in [4.78, 5) is 40.0. The lowest BCUT2D eigenvalue weighted by atomic mass is 10.1. The van der Waals surface area contributed by atoms with Gasteiger partial charge < -0.3 is 20.2 Å². The predicted octanol–water partition coefficient (Wildman–Crippen LogP) is 0.958. The van der Waals surface area contributed by atoms with Gasteiger partial charge in [-0.25, -0.2) is 13.2 Å². The molecule has 0 aliphatic carbocycles. The van der Waals surface area contributed by atoms with Gasteiger partial charge in [0.2, 0.25) is 5.91 Å². The summed E-state index contributed by atoms with van der Waals surface area (Å²) in [6.45, 7) is 1.62. The predicted molar refractivity (Wildman–Crippen MR) is 127 cm³/mol. The molecule has 2 saturated heterocycles. The van der Waals surface area contributed by atoms with Gasteiger partial charge in [-0.05, 0) is 24.5 Å². The van der Waals surface area contributed by atoms with E-state index < -0.39 is 57.5 Å². The zero-order valence-electron chi connectivity index (χ0n) is 19.8. The quantitative estimate of drug-likeness (QED) is 0.407. The van der Waals surface area contributed by atoms with Crippen molar-refractivity contribution >= 4 is 27.8 Å². The molecule has 3 unspecified atom stereocenters. The summed E-state index contributed by atoms with van der Waals surface area (Å²) in [5.41, 5.74) is 0.795. The molecule has 11 nitrogen and oxygen atoms in total. The molecule has 0 saturated carbocycles. The summed E-state index contributed by atoms with van der Waals surface area (Å²) in [5, 5.41) is 14.2. The van der Waals surface area contributed by atoms with Gasteiger partial charge in [-0.2, -0.15) is 9.04 Å². The highest BCUT2D eigenvalue weighted by Gasteiger charge is 2.55. The summed E-state index contributed by atoms with van der Waals surface area (Å²) < 4.78 is 32.8. The number of aromatic nitrogens is 1. The highest BCUT2D eigenvalue weighted by molar-refractivity contribution is 7.89. The Morgan fingerprint density at radius 2 is 1.92 bits per heavy atom. The van der Waals surface area contributed by atoms with Crippen LogP contribution in [0.2, 0.25) is 0 Å². The van der Waals surface area contributed by atoms with Crippen LogP contribution in [0, 0.1) is 5.21 Å². The number of nitrogens with one attached hydrogen (secondary N) is 1. The Bertz CT molecular complexity index is 1240. The second-order valence-electron chi connectivity index (χ2n) is 8.76. The van der Waals surface area contributed by atoms with Gasteiger partial charge >= 0.3 is 21.1 Å². The standard InChI is InChI=1S/C24H28N4O7S/c1-2-8-18(25-24(31)35-16-17-9-4-3-5-10-17)23(30)26-14-12-19-22(26)20(29)15-28(19)36(33,34)21-11-6-7-13-27(21)32/h3-7,9-11,13,18-19,22H,2,8,12,14-16H2,1H3,(H,25,31). The van der Waals surface area contributed by atoms with E-state index in [0.29, 0.717) is 12.8 Å². The Morgan fingerprint density at radius 1 is 1.19 bits per heavy atom. The third-order valence-corrected chi connectivity index (χ3v) is 8.26. The van der Waals surface area contributed by atoms with Crippen LogP contribution in [0.15, 0.2) is 59.8 Å². The zero-order chi connectivity index (χ0) is 25.9. The van der Waals surface area contributed by atoms with Crippen LogP contribution < -0.4 is 10.0 Å². The normalized spacial score (nSPS) is 20.7. The second kappa shape index (κ2) is 10.6. The van der Waals surface area contributed by atoms with E-state index in [1.54, 1.807) is 0 Å². The molecule has 0 bridgehead atoms. The van der Waals surface area contributed by atoms with Gasteiger partial charge in [0.1, 0.15) is 18.7 Å². The van der Waals surface area contributed by atoms with Crippen LogP contribution in [-0.4, -0.2) is 66.6 Å². The first-order valence-corrected chi connectivity index (χ1v) is 13.2. The van der Waals surface area contributed by atoms with Crippen molar-refractivity contribution in [2.45, 2.75) is 55.9 Å². The molecule has 0 radical (unpaired) electrons. The number of pyridine rings is 1. The molecule has 12 heteroatoms. The third-order valence-electron chi connectivity index (χ3n) is 6.40. The molecule has 0 spiro atoms. The lowest BCUT2D eigenvalue weighted by molar-refractivity contribution is -0.646. The number of sulfonamides is 1. The molecule has 3 atom stereocenters. The van der Waals surface area contributed by atoms with E-state index in [4.69, 9.17) is 4.74 Å². The molecule has 192 valence electrons. The Labute approximate surface area is 209 Å². The van der Waals surface area contributed by atoms with E-state index in [1.165, 1.54) is 23.1 Å². The molecular formula is C24H28N4O7S. The maximum absolute atomic E-state index is 13.4. The van der Waals surface area contributed by atoms with Crippen molar-refractivity contribution in [3.05, 3.63) is 65.5 Å². The summed E-state index contributed by atoms with van der Waals surface area (Å²) in [6.07, 6.45) is 1.47. The Morgan fingerprint density at radius 3 is 2.61 bits per heavy atom. The smallest absolute Gasteiger partial charge is 0.408 e. The Kier molecular flexibility index (Phi) is 7.55. The number of Topliss-reactive ketones (excluding diaryl/α,β-unsaturated/α-hetero) is 1. The minimum Gasteiger partial charge on any atom is -0.618 e. The average molecular weight is 517 g/mol.